The summed E-state index contributed by atoms with van der Waals surface area (Å²) in [6.45, 7) is 7.47. The molecule has 4 rings (SSSR count). The number of hydrogen-bond acceptors (Lipinski definition) is 5. The molecule has 1 unspecified atom stereocenters. The Morgan fingerprint density at radius 1 is 1.12 bits per heavy atom. The molecule has 2 aromatic carbocycles. The number of carbonyl (C=O) groups excluding carboxylic acids is 1. The summed E-state index contributed by atoms with van der Waals surface area (Å²) >= 11 is 5.86. The maximum atomic E-state index is 13.9. The Kier molecular flexibility index (Phi) is 19.0. The van der Waals surface area contributed by atoms with Crippen LogP contribution in [-0.2, 0) is 17.4 Å². The molecular formula is C33H41ClF4N4O. The molecule has 10 heteroatoms. The van der Waals surface area contributed by atoms with Crippen LogP contribution in [0.1, 0.15) is 61.4 Å². The van der Waals surface area contributed by atoms with Crippen molar-refractivity contribution in [1.29, 1.82) is 0 Å². The molecule has 43 heavy (non-hydrogen) atoms. The summed E-state index contributed by atoms with van der Waals surface area (Å²) in [5.74, 6) is -0.819. The van der Waals surface area contributed by atoms with Crippen molar-refractivity contribution in [1.82, 2.24) is 15.6 Å². The third kappa shape index (κ3) is 14.7. The Hall–Kier alpha value is -3.87. The summed E-state index contributed by atoms with van der Waals surface area (Å²) in [5, 5.41) is 5.99. The molecule has 3 aromatic rings. The van der Waals surface area contributed by atoms with Gasteiger partial charge in [-0.3, -0.25) is 9.78 Å². The van der Waals surface area contributed by atoms with E-state index >= 15 is 0 Å². The van der Waals surface area contributed by atoms with Crippen LogP contribution in [0.5, 0.6) is 0 Å². The van der Waals surface area contributed by atoms with Crippen LogP contribution in [0.15, 0.2) is 79.3 Å². The van der Waals surface area contributed by atoms with Crippen LogP contribution < -0.4 is 16.4 Å². The lowest BCUT2D eigenvalue weighted by molar-refractivity contribution is -0.137. The predicted octanol–water partition coefficient (Wildman–Crippen LogP) is 7.51. The van der Waals surface area contributed by atoms with E-state index in [2.05, 4.69) is 35.0 Å². The van der Waals surface area contributed by atoms with E-state index in [1.54, 1.807) is 12.1 Å². The van der Waals surface area contributed by atoms with Gasteiger partial charge in [0, 0.05) is 24.2 Å². The highest BCUT2D eigenvalue weighted by Gasteiger charge is 2.32. The fourth-order valence-electron chi connectivity index (χ4n) is 4.01. The number of nitrogens with zero attached hydrogens (tertiary/aromatic N) is 1. The second-order valence-electron chi connectivity index (χ2n) is 9.00. The second kappa shape index (κ2) is 20.9. The average Bonchev–Trinajstić information content (AvgIpc) is 3.38. The number of Topliss-reactive ketones (excluding diaryl/α,β-unsaturated/α-hetero) is 1. The molecule has 1 aromatic heterocycles. The summed E-state index contributed by atoms with van der Waals surface area (Å²) in [7, 11) is 3.75. The van der Waals surface area contributed by atoms with Gasteiger partial charge in [0.05, 0.1) is 22.4 Å². The molecule has 4 N–H and O–H groups in total. The molecule has 0 spiro atoms. The van der Waals surface area contributed by atoms with Gasteiger partial charge in [0.15, 0.2) is 5.78 Å². The third-order valence-electron chi connectivity index (χ3n) is 5.70. The van der Waals surface area contributed by atoms with E-state index in [1.807, 2.05) is 58.3 Å². The lowest BCUT2D eigenvalue weighted by atomic mass is 9.88. The molecule has 1 heterocycles. The number of carbonyl (C=O) groups is 1. The molecule has 1 aliphatic rings. The van der Waals surface area contributed by atoms with Gasteiger partial charge in [-0.15, -0.1) is 12.8 Å². The van der Waals surface area contributed by atoms with Crippen molar-refractivity contribution in [2.75, 3.05) is 14.1 Å². The molecule has 0 aliphatic heterocycles. The standard InChI is InChI=1S/C20H14ClF4N.C7H12N2O.C2H7N.C2H6.C2H2/c21-16-6-7-19(26-12-16)18(8-13-4-2-1-3-5-13)14-9-15(20(23,24)25)11-17(22)10-14;1-5(8)9-6-3-2-4-7(6)10;1-3-2;2*1-2/h1-7,9-12,18H,8H2;6,9H,1-4,8H2;3H,1-2H3;1-2H3;1-2H/t;6-;;;/m.1.../s1. The minimum atomic E-state index is -4.62. The van der Waals surface area contributed by atoms with Gasteiger partial charge in [-0.1, -0.05) is 62.4 Å². The molecule has 1 fully saturated rings. The first-order chi connectivity index (χ1) is 20.4. The second-order valence-corrected chi connectivity index (χ2v) is 9.43. The van der Waals surface area contributed by atoms with Crippen LogP contribution in [0, 0.1) is 18.7 Å². The van der Waals surface area contributed by atoms with Crippen LogP contribution in [0.2, 0.25) is 5.02 Å². The smallest absolute Gasteiger partial charge is 0.386 e. The van der Waals surface area contributed by atoms with Gasteiger partial charge in [0.2, 0.25) is 0 Å². The Labute approximate surface area is 257 Å². The minimum Gasteiger partial charge on any atom is -0.386 e. The summed E-state index contributed by atoms with van der Waals surface area (Å²) < 4.78 is 53.2. The van der Waals surface area contributed by atoms with Crippen LogP contribution in [0.3, 0.4) is 0 Å². The largest absolute Gasteiger partial charge is 0.416 e. The number of aromatic nitrogens is 1. The number of nitrogens with two attached hydrogens (primary N) is 1. The first-order valence-electron chi connectivity index (χ1n) is 13.6. The van der Waals surface area contributed by atoms with Crippen molar-refractivity contribution in [3.8, 4) is 12.8 Å². The Morgan fingerprint density at radius 3 is 2.19 bits per heavy atom. The zero-order valence-corrected chi connectivity index (χ0v) is 25.8. The monoisotopic (exact) mass is 620 g/mol. The van der Waals surface area contributed by atoms with Gasteiger partial charge in [0.25, 0.3) is 0 Å². The predicted molar refractivity (Wildman–Crippen MR) is 168 cm³/mol. The van der Waals surface area contributed by atoms with Gasteiger partial charge >= 0.3 is 6.18 Å². The van der Waals surface area contributed by atoms with E-state index < -0.39 is 23.5 Å². The summed E-state index contributed by atoms with van der Waals surface area (Å²) in [4.78, 5) is 15.2. The zero-order chi connectivity index (χ0) is 33.0. The van der Waals surface area contributed by atoms with Crippen molar-refractivity contribution in [2.45, 2.75) is 57.7 Å². The summed E-state index contributed by atoms with van der Waals surface area (Å²) in [5.41, 5.74) is 5.92. The molecule has 5 nitrogen and oxygen atoms in total. The normalized spacial score (nSPS) is 14.1. The molecule has 1 saturated carbocycles. The van der Waals surface area contributed by atoms with E-state index in [1.165, 1.54) is 6.20 Å². The molecule has 0 saturated heterocycles. The van der Waals surface area contributed by atoms with Crippen LogP contribution in [-0.4, -0.2) is 30.9 Å². The van der Waals surface area contributed by atoms with E-state index in [9.17, 15) is 22.4 Å². The number of rotatable bonds is 6. The number of hydrogen-bond donors (Lipinski definition) is 3. The van der Waals surface area contributed by atoms with Crippen LogP contribution >= 0.6 is 11.6 Å². The van der Waals surface area contributed by atoms with Crippen molar-refractivity contribution in [2.24, 2.45) is 5.73 Å². The average molecular weight is 621 g/mol. The molecule has 0 bridgehead atoms. The number of ketones is 1. The van der Waals surface area contributed by atoms with E-state index in [4.69, 9.17) is 17.3 Å². The van der Waals surface area contributed by atoms with Gasteiger partial charge in [0.1, 0.15) is 5.82 Å². The first kappa shape index (κ1) is 39.1. The Morgan fingerprint density at radius 2 is 1.72 bits per heavy atom. The maximum Gasteiger partial charge on any atom is 0.416 e. The Bertz CT molecular complexity index is 1250. The molecule has 0 radical (unpaired) electrons. The van der Waals surface area contributed by atoms with Crippen LogP contribution in [0.25, 0.3) is 0 Å². The fraction of sp³-hybridized carbons (Fsp3) is 0.333. The number of nitrogens with one attached hydrogen (secondary N) is 2. The fourth-order valence-corrected chi connectivity index (χ4v) is 4.12. The molecule has 0 amide bonds. The zero-order valence-electron chi connectivity index (χ0n) is 25.0. The molecule has 1 aliphatic carbocycles. The highest BCUT2D eigenvalue weighted by Crippen LogP contribution is 2.35. The highest BCUT2D eigenvalue weighted by atomic mass is 35.5. The quantitative estimate of drug-likeness (QED) is 0.196. The number of alkyl halides is 3. The number of pyridine rings is 1. The number of halogens is 5. The Balaban J connectivity index is 0.000000861. The first-order valence-corrected chi connectivity index (χ1v) is 14.0. The van der Waals surface area contributed by atoms with E-state index in [-0.39, 0.29) is 17.4 Å². The lowest BCUT2D eigenvalue weighted by Gasteiger charge is -2.19. The van der Waals surface area contributed by atoms with E-state index in [0.717, 1.165) is 30.5 Å². The van der Waals surface area contributed by atoms with Gasteiger partial charge < -0.3 is 16.4 Å². The van der Waals surface area contributed by atoms with Crippen molar-refractivity contribution < 1.29 is 22.4 Å². The number of terminal acetylenes is 1. The highest BCUT2D eigenvalue weighted by molar-refractivity contribution is 6.30. The molecular weight excluding hydrogens is 580 g/mol. The number of benzene rings is 2. The van der Waals surface area contributed by atoms with Crippen molar-refractivity contribution >= 4 is 17.4 Å². The van der Waals surface area contributed by atoms with Crippen LogP contribution in [0.4, 0.5) is 17.6 Å². The molecule has 2 atom stereocenters. The summed E-state index contributed by atoms with van der Waals surface area (Å²) in [6.07, 6.45) is 7.75. The van der Waals surface area contributed by atoms with Gasteiger partial charge in [-0.2, -0.15) is 13.2 Å². The van der Waals surface area contributed by atoms with Gasteiger partial charge in [-0.05, 0) is 74.8 Å². The van der Waals surface area contributed by atoms with Crippen molar-refractivity contribution in [3.05, 3.63) is 112 Å². The summed E-state index contributed by atoms with van der Waals surface area (Å²) in [6, 6.07) is 15.1. The minimum absolute atomic E-state index is 0.0579. The third-order valence-corrected chi connectivity index (χ3v) is 5.93. The lowest BCUT2D eigenvalue weighted by Crippen LogP contribution is -2.34. The molecule has 234 valence electrons. The maximum absolute atomic E-state index is 13.9. The van der Waals surface area contributed by atoms with Crippen molar-refractivity contribution in [3.63, 3.8) is 0 Å². The topological polar surface area (TPSA) is 80.0 Å². The van der Waals surface area contributed by atoms with E-state index in [0.29, 0.717) is 35.4 Å². The van der Waals surface area contributed by atoms with Gasteiger partial charge in [-0.25, -0.2) is 4.39 Å². The SMILES string of the molecule is C#C.C=C(N)N[C@@H]1CCCC1=O.CC.CNC.Fc1cc(C(Cc2ccccc2)c2ccc(Cl)cn2)cc(C(F)(F)F)c1.